The Morgan fingerprint density at radius 1 is 0.533 bits per heavy atom. The van der Waals surface area contributed by atoms with E-state index in [0.29, 0.717) is 0 Å². The van der Waals surface area contributed by atoms with Crippen LogP contribution in [0.1, 0.15) is 0 Å². The maximum Gasteiger partial charge on any atom is 0.295 e. The molecule has 2 radical (unpaired) electrons. The van der Waals surface area contributed by atoms with Crippen LogP contribution in [0.3, 0.4) is 0 Å². The second-order valence-electron chi connectivity index (χ2n) is 2.24. The van der Waals surface area contributed by atoms with Gasteiger partial charge in [0.1, 0.15) is 0 Å². The van der Waals surface area contributed by atoms with Crippen molar-refractivity contribution in [1.82, 2.24) is 0 Å². The van der Waals surface area contributed by atoms with Crippen molar-refractivity contribution in [3.8, 4) is 0 Å². The summed E-state index contributed by atoms with van der Waals surface area (Å²) in [6.07, 6.45) is 0. The van der Waals surface area contributed by atoms with Crippen molar-refractivity contribution in [2.24, 2.45) is 0 Å². The molecule has 0 fully saturated rings. The SMILES string of the molecule is Cl[Si](Cl)[Si](Cl)(Cl)[Si](Cl)(Cl)[Si](Cl)(Cl)[Si](Cl)Cl. The molecule has 15 heteroatoms. The highest BCUT2D eigenvalue weighted by Crippen LogP contribution is 2.48. The van der Waals surface area contributed by atoms with Crippen LogP contribution in [-0.4, -0.2) is 31.1 Å². The Labute approximate surface area is 140 Å². The van der Waals surface area contributed by atoms with Gasteiger partial charge < -0.3 is 0 Å². The Morgan fingerprint density at radius 3 is 0.867 bits per heavy atom. The molecule has 0 bridgehead atoms. The monoisotopic (exact) mass is 490 g/mol. The minimum Gasteiger partial charge on any atom is -0.148 e. The Morgan fingerprint density at radius 2 is 0.733 bits per heavy atom. The van der Waals surface area contributed by atoms with Gasteiger partial charge in [0.15, 0.2) is 0 Å². The summed E-state index contributed by atoms with van der Waals surface area (Å²) in [7, 11) is 0. The molecule has 0 aliphatic rings. The van der Waals surface area contributed by atoms with Gasteiger partial charge in [-0.25, -0.2) is 0 Å². The summed E-state index contributed by atoms with van der Waals surface area (Å²) in [5.74, 6) is 0. The molecule has 0 spiro atoms. The van der Waals surface area contributed by atoms with E-state index in [0.717, 1.165) is 0 Å². The highest BCUT2D eigenvalue weighted by Gasteiger charge is 2.73. The van der Waals surface area contributed by atoms with E-state index in [2.05, 4.69) is 0 Å². The lowest BCUT2D eigenvalue weighted by molar-refractivity contribution is 3.25. The van der Waals surface area contributed by atoms with E-state index in [1.807, 2.05) is 0 Å². The van der Waals surface area contributed by atoms with Crippen molar-refractivity contribution in [1.29, 1.82) is 0 Å². The molecule has 0 nitrogen and oxygen atoms in total. The quantitative estimate of drug-likeness (QED) is 0.381. The fraction of sp³-hybridized carbons (Fsp3) is 0. The zero-order valence-electron chi connectivity index (χ0n) is 6.28. The van der Waals surface area contributed by atoms with E-state index in [4.69, 9.17) is 111 Å². The Bertz CT molecular complexity index is 196. The first kappa shape index (κ1) is 19.0. The van der Waals surface area contributed by atoms with Crippen molar-refractivity contribution in [3.63, 3.8) is 0 Å². The smallest absolute Gasteiger partial charge is 0.148 e. The van der Waals surface area contributed by atoms with Gasteiger partial charge in [-0.2, -0.15) is 0 Å². The van der Waals surface area contributed by atoms with Gasteiger partial charge in [-0.05, 0) is 0 Å². The third kappa shape index (κ3) is 3.98. The number of halogens is 10. The number of hydrogen-bond acceptors (Lipinski definition) is 0. The van der Waals surface area contributed by atoms with E-state index in [1.54, 1.807) is 0 Å². The van der Waals surface area contributed by atoms with Crippen LogP contribution in [0, 0.1) is 0 Å². The average Bonchev–Trinajstić information content (AvgIpc) is 2.02. The highest BCUT2D eigenvalue weighted by atomic mass is 35.8. The second-order valence-corrected chi connectivity index (χ2v) is 60.6. The molecule has 0 rings (SSSR count). The molecule has 0 aliphatic heterocycles. The molecular formula is Cl10Si5. The molecule has 0 N–H and O–H groups in total. The van der Waals surface area contributed by atoms with Gasteiger partial charge in [-0.15, -0.1) is 111 Å². The topological polar surface area (TPSA) is 0 Å². The number of hydrogen-bond donors (Lipinski definition) is 0. The van der Waals surface area contributed by atoms with Crippen molar-refractivity contribution >= 4 is 142 Å². The summed E-state index contributed by atoms with van der Waals surface area (Å²) in [4.78, 5) is 0. The van der Waals surface area contributed by atoms with Crippen LogP contribution < -0.4 is 0 Å². The van der Waals surface area contributed by atoms with E-state index < -0.39 is 31.1 Å². The van der Waals surface area contributed by atoms with Gasteiger partial charge in [-0.1, -0.05) is 0 Å². The van der Waals surface area contributed by atoms with Crippen LogP contribution in [-0.2, 0) is 0 Å². The first-order valence-electron chi connectivity index (χ1n) is 2.89. The fourth-order valence-electron chi connectivity index (χ4n) is 0.435. The zero-order chi connectivity index (χ0) is 12.7. The summed E-state index contributed by atoms with van der Waals surface area (Å²) in [5.41, 5.74) is -10.0. The van der Waals surface area contributed by atoms with Crippen molar-refractivity contribution < 1.29 is 0 Å². The molecule has 0 aromatic rings. The zero-order valence-corrected chi connectivity index (χ0v) is 18.8. The van der Waals surface area contributed by atoms with E-state index in [-0.39, 0.29) is 0 Å². The molecular weight excluding hydrogens is 495 g/mol. The van der Waals surface area contributed by atoms with Crippen LogP contribution in [0.25, 0.3) is 0 Å². The maximum atomic E-state index is 6.12. The van der Waals surface area contributed by atoms with Crippen LogP contribution in [0.15, 0.2) is 0 Å². The predicted molar refractivity (Wildman–Crippen MR) is 87.3 cm³/mol. The molecule has 0 saturated heterocycles. The normalized spacial score (nSPS) is 15.2. The predicted octanol–water partition coefficient (Wildman–Crippen LogP) is 4.99. The summed E-state index contributed by atoms with van der Waals surface area (Å²) in [6, 6.07) is 0. The molecule has 0 aromatic heterocycles. The van der Waals surface area contributed by atoms with E-state index in [9.17, 15) is 0 Å². The minimum atomic E-state index is -3.44. The first-order chi connectivity index (χ1) is 6.39. The maximum absolute atomic E-state index is 6.12. The molecule has 0 atom stereocenters. The van der Waals surface area contributed by atoms with Crippen molar-refractivity contribution in [2.75, 3.05) is 0 Å². The lowest BCUT2D eigenvalue weighted by atomic mass is 26.1. The van der Waals surface area contributed by atoms with Crippen molar-refractivity contribution in [3.05, 3.63) is 0 Å². The summed E-state index contributed by atoms with van der Waals surface area (Å²) in [6.45, 7) is -4.21. The Hall–Kier alpha value is 3.98. The number of rotatable bonds is 4. The summed E-state index contributed by atoms with van der Waals surface area (Å²) >= 11 is 59.3. The molecule has 0 heterocycles. The molecule has 0 aromatic carbocycles. The van der Waals surface area contributed by atoms with Gasteiger partial charge in [0.05, 0.1) is 0 Å². The van der Waals surface area contributed by atoms with Gasteiger partial charge in [0.25, 0.3) is 31.1 Å². The lowest BCUT2D eigenvalue weighted by Crippen LogP contribution is -2.70. The highest BCUT2D eigenvalue weighted by molar-refractivity contribution is 8.31. The van der Waals surface area contributed by atoms with Crippen LogP contribution in [0.5, 0.6) is 0 Å². The minimum absolute atomic E-state index is 2.11. The molecule has 0 unspecified atom stereocenters. The third-order valence-electron chi connectivity index (χ3n) is 1.26. The van der Waals surface area contributed by atoms with Crippen LogP contribution in [0.2, 0.25) is 0 Å². The summed E-state index contributed by atoms with van der Waals surface area (Å²) in [5, 5.41) is 0. The largest absolute Gasteiger partial charge is 0.295 e. The van der Waals surface area contributed by atoms with Gasteiger partial charge in [-0.3, -0.25) is 0 Å². The molecule has 0 amide bonds. The van der Waals surface area contributed by atoms with Crippen molar-refractivity contribution in [2.45, 2.75) is 0 Å². The Kier molecular flexibility index (Phi) is 8.38. The third-order valence-corrected chi connectivity index (χ3v) is 102. The first-order valence-corrected chi connectivity index (χ1v) is 26.0. The van der Waals surface area contributed by atoms with Crippen LogP contribution in [0.4, 0.5) is 0 Å². The summed E-state index contributed by atoms with van der Waals surface area (Å²) < 4.78 is 0. The second kappa shape index (κ2) is 6.62. The standard InChI is InChI=1S/Cl10Si5/c1-11(2)13(5,6)15(9,10)14(7,8)12(3)4. The van der Waals surface area contributed by atoms with Gasteiger partial charge in [0.2, 0.25) is 0 Å². The molecule has 90 valence electrons. The molecule has 0 aliphatic carbocycles. The van der Waals surface area contributed by atoms with Gasteiger partial charge in [0, 0.05) is 0 Å². The average molecular weight is 495 g/mol. The van der Waals surface area contributed by atoms with Gasteiger partial charge >= 0.3 is 0 Å². The molecule has 0 saturated carbocycles. The van der Waals surface area contributed by atoms with E-state index in [1.165, 1.54) is 0 Å². The van der Waals surface area contributed by atoms with Crippen LogP contribution >= 0.6 is 111 Å². The molecule has 15 heavy (non-hydrogen) atoms. The lowest BCUT2D eigenvalue weighted by Gasteiger charge is -2.34. The van der Waals surface area contributed by atoms with E-state index >= 15 is 0 Å². The fourth-order valence-corrected chi connectivity index (χ4v) is 106. The Balaban J connectivity index is 5.30.